The highest BCUT2D eigenvalue weighted by Crippen LogP contribution is 2.19. The van der Waals surface area contributed by atoms with Gasteiger partial charge in [-0.1, -0.05) is 12.2 Å². The van der Waals surface area contributed by atoms with Gasteiger partial charge in [0.1, 0.15) is 6.29 Å². The van der Waals surface area contributed by atoms with Gasteiger partial charge in [-0.3, -0.25) is 0 Å². The zero-order valence-electron chi connectivity index (χ0n) is 12.7. The minimum absolute atomic E-state index is 0.0324. The molecule has 8 heteroatoms. The van der Waals surface area contributed by atoms with Crippen molar-refractivity contribution in [2.75, 3.05) is 18.5 Å². The van der Waals surface area contributed by atoms with Crippen molar-refractivity contribution in [2.45, 2.75) is 13.0 Å². The highest BCUT2D eigenvalue weighted by Gasteiger charge is 2.12. The number of anilines is 2. The van der Waals surface area contributed by atoms with E-state index in [0.717, 1.165) is 17.7 Å². The molecule has 0 spiro atoms. The van der Waals surface area contributed by atoms with Crippen molar-refractivity contribution in [1.29, 1.82) is 0 Å². The van der Waals surface area contributed by atoms with E-state index in [9.17, 15) is 4.79 Å². The van der Waals surface area contributed by atoms with Crippen LogP contribution in [0.1, 0.15) is 12.1 Å². The summed E-state index contributed by atoms with van der Waals surface area (Å²) in [6.07, 6.45) is 9.18. The Balaban J connectivity index is 1.80. The number of aldehydes is 1. The molecule has 23 heavy (non-hydrogen) atoms. The Bertz CT molecular complexity index is 815. The van der Waals surface area contributed by atoms with Crippen LogP contribution in [-0.2, 0) is 11.3 Å². The highest BCUT2D eigenvalue weighted by atomic mass is 16.1. The Morgan fingerprint density at radius 2 is 2.17 bits per heavy atom. The lowest BCUT2D eigenvalue weighted by atomic mass is 10.0. The van der Waals surface area contributed by atoms with Crippen molar-refractivity contribution in [1.82, 2.24) is 24.8 Å². The smallest absolute Gasteiger partial charge is 0.224 e. The molecule has 118 valence electrons. The Kier molecular flexibility index (Phi) is 3.88. The molecular weight excluding hydrogens is 294 g/mol. The van der Waals surface area contributed by atoms with Gasteiger partial charge in [-0.15, -0.1) is 0 Å². The van der Waals surface area contributed by atoms with E-state index in [0.29, 0.717) is 24.1 Å². The molecule has 0 aliphatic heterocycles. The topological polar surface area (TPSA) is 124 Å². The molecule has 0 saturated carbocycles. The van der Waals surface area contributed by atoms with Crippen LogP contribution in [0.5, 0.6) is 0 Å². The Morgan fingerprint density at radius 3 is 2.87 bits per heavy atom. The predicted molar refractivity (Wildman–Crippen MR) is 86.8 cm³/mol. The number of fused-ring (bicyclic) bond motifs is 1. The number of carbonyl (C=O) groups excluding carboxylic acids is 1. The van der Waals surface area contributed by atoms with Crippen LogP contribution in [-0.4, -0.2) is 38.2 Å². The average molecular weight is 311 g/mol. The molecule has 1 aliphatic rings. The fourth-order valence-electron chi connectivity index (χ4n) is 2.40. The lowest BCUT2D eigenvalue weighted by Gasteiger charge is -2.23. The van der Waals surface area contributed by atoms with Crippen LogP contribution in [0.3, 0.4) is 0 Å². The summed E-state index contributed by atoms with van der Waals surface area (Å²) in [5.74, 6) is 0.265. The van der Waals surface area contributed by atoms with Gasteiger partial charge in [0.05, 0.1) is 18.4 Å². The number of rotatable bonds is 4. The van der Waals surface area contributed by atoms with E-state index >= 15 is 0 Å². The summed E-state index contributed by atoms with van der Waals surface area (Å²) in [6.45, 7) is 0.550. The number of likely N-dealkylation sites (N-methyl/N-ethyl adjacent to an activating group) is 1. The maximum atomic E-state index is 10.8. The van der Waals surface area contributed by atoms with Gasteiger partial charge in [-0.25, -0.2) is 9.97 Å². The normalized spacial score (nSPS) is 17.1. The minimum atomic E-state index is -0.0324. The SMILES string of the molecule is CN(Cc1cnc2nc(N)nc(N)c2n1)C1=CCC(C=O)C=C1. The van der Waals surface area contributed by atoms with E-state index in [4.69, 9.17) is 11.5 Å². The molecule has 0 fully saturated rings. The van der Waals surface area contributed by atoms with E-state index in [2.05, 4.69) is 19.9 Å². The monoisotopic (exact) mass is 311 g/mol. The third kappa shape index (κ3) is 3.10. The second kappa shape index (κ2) is 5.99. The molecule has 2 aromatic rings. The zero-order chi connectivity index (χ0) is 16.4. The maximum absolute atomic E-state index is 10.8. The molecule has 1 atom stereocenters. The number of carbonyl (C=O) groups is 1. The third-order valence-corrected chi connectivity index (χ3v) is 3.63. The molecule has 0 bridgehead atoms. The van der Waals surface area contributed by atoms with Crippen LogP contribution in [0, 0.1) is 5.92 Å². The van der Waals surface area contributed by atoms with Crippen molar-refractivity contribution in [2.24, 2.45) is 5.92 Å². The van der Waals surface area contributed by atoms with Crippen LogP contribution < -0.4 is 11.5 Å². The van der Waals surface area contributed by atoms with Crippen molar-refractivity contribution in [3.8, 4) is 0 Å². The summed E-state index contributed by atoms with van der Waals surface area (Å²) in [4.78, 5) is 29.4. The fraction of sp³-hybridized carbons (Fsp3) is 0.267. The second-order valence-electron chi connectivity index (χ2n) is 5.38. The molecule has 0 amide bonds. The molecular formula is C15H17N7O. The quantitative estimate of drug-likeness (QED) is 0.790. The van der Waals surface area contributed by atoms with Crippen LogP contribution in [0.25, 0.3) is 11.2 Å². The van der Waals surface area contributed by atoms with Gasteiger partial charge < -0.3 is 21.2 Å². The number of nitrogens with zero attached hydrogens (tertiary/aromatic N) is 5. The van der Waals surface area contributed by atoms with Crippen LogP contribution in [0.15, 0.2) is 30.1 Å². The number of hydrogen-bond acceptors (Lipinski definition) is 8. The third-order valence-electron chi connectivity index (χ3n) is 3.63. The molecule has 0 radical (unpaired) electrons. The number of hydrogen-bond donors (Lipinski definition) is 2. The van der Waals surface area contributed by atoms with E-state index in [1.165, 1.54) is 0 Å². The summed E-state index contributed by atoms with van der Waals surface area (Å²) in [6, 6.07) is 0. The summed E-state index contributed by atoms with van der Waals surface area (Å²) in [5, 5.41) is 0. The Morgan fingerprint density at radius 1 is 1.35 bits per heavy atom. The van der Waals surface area contributed by atoms with Gasteiger partial charge in [0.25, 0.3) is 0 Å². The van der Waals surface area contributed by atoms with Gasteiger partial charge >= 0.3 is 0 Å². The second-order valence-corrected chi connectivity index (χ2v) is 5.38. The first-order chi connectivity index (χ1) is 11.1. The lowest BCUT2D eigenvalue weighted by Crippen LogP contribution is -2.19. The number of allylic oxidation sites excluding steroid dienone is 3. The number of nitrogens with two attached hydrogens (primary N) is 2. The van der Waals surface area contributed by atoms with E-state index in [1.54, 1.807) is 6.20 Å². The van der Waals surface area contributed by atoms with E-state index in [-0.39, 0.29) is 17.7 Å². The molecule has 0 aromatic carbocycles. The van der Waals surface area contributed by atoms with Crippen LogP contribution in [0.2, 0.25) is 0 Å². The molecule has 1 aliphatic carbocycles. The zero-order valence-corrected chi connectivity index (χ0v) is 12.7. The fourth-order valence-corrected chi connectivity index (χ4v) is 2.40. The average Bonchev–Trinajstić information content (AvgIpc) is 2.55. The Labute approximate surface area is 132 Å². The van der Waals surface area contributed by atoms with Crippen molar-refractivity contribution in [3.63, 3.8) is 0 Å². The van der Waals surface area contributed by atoms with Gasteiger partial charge in [-0.05, 0) is 12.5 Å². The van der Waals surface area contributed by atoms with Gasteiger partial charge in [-0.2, -0.15) is 9.97 Å². The first-order valence-corrected chi connectivity index (χ1v) is 7.16. The molecule has 8 nitrogen and oxygen atoms in total. The molecule has 2 aromatic heterocycles. The van der Waals surface area contributed by atoms with Crippen molar-refractivity contribution >= 4 is 29.2 Å². The number of nitrogen functional groups attached to an aromatic ring is 2. The molecule has 2 heterocycles. The van der Waals surface area contributed by atoms with Crippen molar-refractivity contribution < 1.29 is 4.79 Å². The molecule has 0 saturated heterocycles. The highest BCUT2D eigenvalue weighted by molar-refractivity contribution is 5.81. The number of aromatic nitrogens is 4. The van der Waals surface area contributed by atoms with Gasteiger partial charge in [0, 0.05) is 18.7 Å². The van der Waals surface area contributed by atoms with E-state index < -0.39 is 0 Å². The summed E-state index contributed by atoms with van der Waals surface area (Å²) in [5.41, 5.74) is 14.0. The first kappa shape index (κ1) is 14.9. The minimum Gasteiger partial charge on any atom is -0.382 e. The summed E-state index contributed by atoms with van der Waals surface area (Å²) in [7, 11) is 1.95. The maximum Gasteiger partial charge on any atom is 0.224 e. The van der Waals surface area contributed by atoms with Gasteiger partial charge in [0.2, 0.25) is 5.95 Å². The lowest BCUT2D eigenvalue weighted by molar-refractivity contribution is -0.109. The first-order valence-electron chi connectivity index (χ1n) is 7.16. The standard InChI is InChI=1S/C15H17N7O/c1-22(11-4-2-9(8-23)3-5-11)7-10-6-18-14-12(19-10)13(16)20-15(17)21-14/h2,4-6,8-9H,3,7H2,1H3,(H4,16,17,18,20,21). The van der Waals surface area contributed by atoms with Crippen LogP contribution in [0.4, 0.5) is 11.8 Å². The van der Waals surface area contributed by atoms with Crippen LogP contribution >= 0.6 is 0 Å². The summed E-state index contributed by atoms with van der Waals surface area (Å²) < 4.78 is 0. The molecule has 3 rings (SSSR count). The predicted octanol–water partition coefficient (Wildman–Crippen LogP) is 0.675. The molecule has 1 unspecified atom stereocenters. The summed E-state index contributed by atoms with van der Waals surface area (Å²) >= 11 is 0. The molecule has 4 N–H and O–H groups in total. The largest absolute Gasteiger partial charge is 0.382 e. The van der Waals surface area contributed by atoms with Crippen molar-refractivity contribution in [3.05, 3.63) is 35.8 Å². The Hall–Kier alpha value is -3.03. The van der Waals surface area contributed by atoms with Gasteiger partial charge in [0.15, 0.2) is 17.0 Å². The van der Waals surface area contributed by atoms with E-state index in [1.807, 2.05) is 30.2 Å².